The number of aliphatic hydroxyl groups is 1. The summed E-state index contributed by atoms with van der Waals surface area (Å²) in [5.74, 6) is 1.41. The summed E-state index contributed by atoms with van der Waals surface area (Å²) in [4.78, 5) is 4.31. The van der Waals surface area contributed by atoms with Crippen molar-refractivity contribution < 1.29 is 9.52 Å². The summed E-state index contributed by atoms with van der Waals surface area (Å²) in [5, 5.41) is 10.1. The van der Waals surface area contributed by atoms with Gasteiger partial charge in [0.25, 0.3) is 0 Å². The van der Waals surface area contributed by atoms with Gasteiger partial charge in [-0.15, -0.1) is 0 Å². The average molecular weight is 318 g/mol. The number of imidazole rings is 1. The number of hydrogen-bond donors (Lipinski definition) is 1. The van der Waals surface area contributed by atoms with Gasteiger partial charge in [-0.05, 0) is 34.5 Å². The largest absolute Gasteiger partial charge is 0.446 e. The molecule has 4 nitrogen and oxygen atoms in total. The minimum Gasteiger partial charge on any atom is -0.446 e. The maximum absolute atomic E-state index is 9.63. The normalized spacial score (nSPS) is 19.4. The van der Waals surface area contributed by atoms with Gasteiger partial charge in [0.15, 0.2) is 21.4 Å². The molecule has 1 atom stereocenters. The fraction of sp³-hybridized carbons (Fsp3) is 0.364. The van der Waals surface area contributed by atoms with Crippen molar-refractivity contribution in [2.45, 2.75) is 25.5 Å². The highest BCUT2D eigenvalue weighted by Crippen LogP contribution is 2.31. The van der Waals surface area contributed by atoms with E-state index in [1.807, 2.05) is 16.7 Å². The molecule has 0 aliphatic carbocycles. The molecule has 2 aromatic rings. The number of hydrogen-bond acceptors (Lipinski definition) is 3. The topological polar surface area (TPSA) is 51.2 Å². The van der Waals surface area contributed by atoms with Gasteiger partial charge in [-0.1, -0.05) is 11.6 Å². The molecule has 0 saturated carbocycles. The molecule has 3 heterocycles. The molecular formula is C11H10BrClN2O2. The summed E-state index contributed by atoms with van der Waals surface area (Å²) in [6.07, 6.45) is 0.940. The quantitative estimate of drug-likeness (QED) is 0.880. The summed E-state index contributed by atoms with van der Waals surface area (Å²) >= 11 is 9.35. The van der Waals surface area contributed by atoms with Gasteiger partial charge in [0, 0.05) is 13.0 Å². The first-order valence-corrected chi connectivity index (χ1v) is 6.51. The molecule has 3 rings (SSSR count). The first-order valence-electron chi connectivity index (χ1n) is 5.34. The second kappa shape index (κ2) is 4.15. The van der Waals surface area contributed by atoms with Crippen molar-refractivity contribution in [2.75, 3.05) is 0 Å². The maximum atomic E-state index is 9.63. The zero-order valence-electron chi connectivity index (χ0n) is 8.86. The van der Waals surface area contributed by atoms with Crippen LogP contribution in [-0.4, -0.2) is 20.8 Å². The zero-order chi connectivity index (χ0) is 12.0. The fourth-order valence-corrected chi connectivity index (χ4v) is 2.68. The predicted molar refractivity (Wildman–Crippen MR) is 67.0 cm³/mol. The van der Waals surface area contributed by atoms with Crippen LogP contribution >= 0.6 is 27.5 Å². The molecule has 2 aromatic heterocycles. The summed E-state index contributed by atoms with van der Waals surface area (Å²) in [6, 6.07) is 3.67. The lowest BCUT2D eigenvalue weighted by Gasteiger charge is -2.20. The Labute approximate surface area is 111 Å². The molecule has 1 N–H and O–H groups in total. The van der Waals surface area contributed by atoms with E-state index in [1.54, 1.807) is 0 Å². The molecule has 0 saturated heterocycles. The van der Waals surface area contributed by atoms with Gasteiger partial charge >= 0.3 is 0 Å². The van der Waals surface area contributed by atoms with E-state index < -0.39 is 0 Å². The van der Waals surface area contributed by atoms with Gasteiger partial charge in [0.05, 0.1) is 11.8 Å². The highest BCUT2D eigenvalue weighted by molar-refractivity contribution is 9.10. The third-order valence-electron chi connectivity index (χ3n) is 2.93. The van der Waals surface area contributed by atoms with Crippen molar-refractivity contribution in [3.63, 3.8) is 0 Å². The Morgan fingerprint density at radius 1 is 1.53 bits per heavy atom. The summed E-state index contributed by atoms with van der Waals surface area (Å²) in [6.45, 7) is 0.712. The van der Waals surface area contributed by atoms with E-state index in [0.717, 1.165) is 11.5 Å². The van der Waals surface area contributed by atoms with Crippen molar-refractivity contribution in [3.05, 3.63) is 27.6 Å². The van der Waals surface area contributed by atoms with E-state index >= 15 is 0 Å². The highest BCUT2D eigenvalue weighted by atomic mass is 79.9. The van der Waals surface area contributed by atoms with Crippen molar-refractivity contribution in [3.8, 4) is 11.6 Å². The molecule has 0 radical (unpaired) electrons. The smallest absolute Gasteiger partial charge is 0.177 e. The molecule has 0 fully saturated rings. The van der Waals surface area contributed by atoms with Crippen molar-refractivity contribution >= 4 is 27.5 Å². The van der Waals surface area contributed by atoms with Crippen LogP contribution in [-0.2, 0) is 13.0 Å². The summed E-state index contributed by atoms with van der Waals surface area (Å²) < 4.78 is 8.17. The minimum absolute atomic E-state index is 0.326. The molecular weight excluding hydrogens is 307 g/mol. The molecule has 1 aliphatic heterocycles. The van der Waals surface area contributed by atoms with E-state index in [9.17, 15) is 5.11 Å². The molecule has 0 spiro atoms. The van der Waals surface area contributed by atoms with Crippen molar-refractivity contribution in [1.82, 2.24) is 9.55 Å². The van der Waals surface area contributed by atoms with Gasteiger partial charge in [0.1, 0.15) is 0 Å². The number of rotatable bonds is 1. The van der Waals surface area contributed by atoms with Crippen LogP contribution in [0.3, 0.4) is 0 Å². The van der Waals surface area contributed by atoms with Crippen LogP contribution in [0.15, 0.2) is 21.2 Å². The van der Waals surface area contributed by atoms with Crippen LogP contribution < -0.4 is 0 Å². The number of halogens is 2. The van der Waals surface area contributed by atoms with Crippen molar-refractivity contribution in [1.29, 1.82) is 0 Å². The summed E-state index contributed by atoms with van der Waals surface area (Å²) in [7, 11) is 0. The van der Waals surface area contributed by atoms with Gasteiger partial charge in [-0.3, -0.25) is 0 Å². The zero-order valence-corrected chi connectivity index (χ0v) is 11.2. The summed E-state index contributed by atoms with van der Waals surface area (Å²) in [5.41, 5.74) is 0.882. The number of furan rings is 1. The van der Waals surface area contributed by atoms with Gasteiger partial charge in [-0.2, -0.15) is 0 Å². The van der Waals surface area contributed by atoms with Gasteiger partial charge < -0.3 is 14.1 Å². The number of aromatic nitrogens is 2. The number of nitrogens with zero attached hydrogens (tertiary/aromatic N) is 2. The molecule has 0 aromatic carbocycles. The van der Waals surface area contributed by atoms with Crippen LogP contribution in [0.25, 0.3) is 11.6 Å². The van der Waals surface area contributed by atoms with E-state index in [2.05, 4.69) is 20.9 Å². The molecule has 90 valence electrons. The molecule has 0 amide bonds. The first kappa shape index (κ1) is 11.3. The van der Waals surface area contributed by atoms with Gasteiger partial charge in [0.2, 0.25) is 0 Å². The van der Waals surface area contributed by atoms with Crippen molar-refractivity contribution in [2.24, 2.45) is 0 Å². The fourth-order valence-electron chi connectivity index (χ4n) is 2.12. The Kier molecular flexibility index (Phi) is 2.77. The minimum atomic E-state index is -0.326. The Balaban J connectivity index is 2.10. The Morgan fingerprint density at radius 3 is 3.06 bits per heavy atom. The van der Waals surface area contributed by atoms with E-state index in [4.69, 9.17) is 16.0 Å². The van der Waals surface area contributed by atoms with Crippen LogP contribution in [0.5, 0.6) is 0 Å². The SMILES string of the molecule is OC1CCn2c(-c3ccc(Br)o3)nc(Cl)c2C1. The standard InChI is InChI=1S/C11H10BrClN2O2/c12-9-2-1-8(17-9)11-14-10(13)7-5-6(16)3-4-15(7)11/h1-2,6,16H,3-5H2. The molecule has 1 unspecified atom stereocenters. The van der Waals surface area contributed by atoms with E-state index in [1.165, 1.54) is 0 Å². The second-order valence-corrected chi connectivity index (χ2v) is 5.21. The maximum Gasteiger partial charge on any atom is 0.177 e. The Morgan fingerprint density at radius 2 is 2.35 bits per heavy atom. The third-order valence-corrected chi connectivity index (χ3v) is 3.66. The lowest BCUT2D eigenvalue weighted by atomic mass is 10.1. The molecule has 1 aliphatic rings. The van der Waals surface area contributed by atoms with Crippen LogP contribution in [0.2, 0.25) is 5.15 Å². The van der Waals surface area contributed by atoms with Crippen LogP contribution in [0.1, 0.15) is 12.1 Å². The number of aliphatic hydroxyl groups excluding tert-OH is 1. The molecule has 0 bridgehead atoms. The Bertz CT molecular complexity index is 564. The lowest BCUT2D eigenvalue weighted by Crippen LogP contribution is -2.23. The molecule has 6 heteroatoms. The monoisotopic (exact) mass is 316 g/mol. The van der Waals surface area contributed by atoms with Crippen LogP contribution in [0.4, 0.5) is 0 Å². The average Bonchev–Trinajstić information content (AvgIpc) is 2.84. The molecule has 17 heavy (non-hydrogen) atoms. The number of fused-ring (bicyclic) bond motifs is 1. The third kappa shape index (κ3) is 1.92. The second-order valence-electron chi connectivity index (χ2n) is 4.07. The first-order chi connectivity index (χ1) is 8.15. The highest BCUT2D eigenvalue weighted by Gasteiger charge is 2.25. The lowest BCUT2D eigenvalue weighted by molar-refractivity contribution is 0.144. The van der Waals surface area contributed by atoms with E-state index in [-0.39, 0.29) is 6.10 Å². The van der Waals surface area contributed by atoms with E-state index in [0.29, 0.717) is 35.0 Å². The van der Waals surface area contributed by atoms with Crippen LogP contribution in [0, 0.1) is 0 Å². The van der Waals surface area contributed by atoms with Gasteiger partial charge in [-0.25, -0.2) is 4.98 Å². The Hall–Kier alpha value is -0.780. The predicted octanol–water partition coefficient (Wildman–Crippen LogP) is 2.87.